The van der Waals surface area contributed by atoms with E-state index in [1.807, 2.05) is 106 Å². The lowest BCUT2D eigenvalue weighted by atomic mass is 10.0. The number of hydrogen-bond donors (Lipinski definition) is 1. The van der Waals surface area contributed by atoms with Gasteiger partial charge >= 0.3 is 0 Å². The lowest BCUT2D eigenvalue weighted by Crippen LogP contribution is -2.52. The highest BCUT2D eigenvalue weighted by molar-refractivity contribution is 5.89. The number of aryl methyl sites for hydroxylation is 1. The van der Waals surface area contributed by atoms with Gasteiger partial charge in [0.2, 0.25) is 11.8 Å². The topological polar surface area (TPSA) is 49.4 Å². The third-order valence-corrected chi connectivity index (χ3v) is 5.34. The van der Waals surface area contributed by atoms with Crippen LogP contribution in [0, 0.1) is 6.92 Å². The highest BCUT2D eigenvalue weighted by atomic mass is 16.2. The molecule has 0 bridgehead atoms. The fraction of sp³-hybridized carbons (Fsp3) is 0.286. The van der Waals surface area contributed by atoms with E-state index < -0.39 is 6.04 Å². The predicted molar refractivity (Wildman–Crippen MR) is 129 cm³/mol. The van der Waals surface area contributed by atoms with Crippen molar-refractivity contribution in [3.05, 3.63) is 107 Å². The molecule has 3 aromatic carbocycles. The molecule has 1 atom stereocenters. The lowest BCUT2D eigenvalue weighted by molar-refractivity contribution is -0.141. The first-order valence-corrected chi connectivity index (χ1v) is 11.2. The Balaban J connectivity index is 1.95. The number of benzene rings is 3. The SMILES string of the molecule is Cc1cccc(CC(=O)N(Cc2ccccc2)[C@H](Cc2ccccc2)C(=O)NC(C)C)c1. The van der Waals surface area contributed by atoms with E-state index >= 15 is 0 Å². The van der Waals surface area contributed by atoms with Crippen molar-refractivity contribution in [2.24, 2.45) is 0 Å². The third kappa shape index (κ3) is 6.81. The number of carbonyl (C=O) groups is 2. The molecule has 0 aliphatic heterocycles. The van der Waals surface area contributed by atoms with Gasteiger partial charge in [-0.2, -0.15) is 0 Å². The molecule has 0 aromatic heterocycles. The summed E-state index contributed by atoms with van der Waals surface area (Å²) in [5.74, 6) is -0.184. The van der Waals surface area contributed by atoms with E-state index in [-0.39, 0.29) is 24.3 Å². The Morgan fingerprint density at radius 1 is 0.812 bits per heavy atom. The van der Waals surface area contributed by atoms with Crippen LogP contribution in [0.3, 0.4) is 0 Å². The van der Waals surface area contributed by atoms with Crippen LogP contribution in [-0.2, 0) is 29.0 Å². The van der Waals surface area contributed by atoms with Crippen LogP contribution in [0.1, 0.15) is 36.1 Å². The monoisotopic (exact) mass is 428 g/mol. The number of hydrogen-bond acceptors (Lipinski definition) is 2. The van der Waals surface area contributed by atoms with Gasteiger partial charge in [-0.3, -0.25) is 9.59 Å². The quantitative estimate of drug-likeness (QED) is 0.537. The molecule has 0 heterocycles. The van der Waals surface area contributed by atoms with Crippen LogP contribution in [0.5, 0.6) is 0 Å². The normalized spacial score (nSPS) is 11.8. The molecule has 0 aliphatic carbocycles. The summed E-state index contributed by atoms with van der Waals surface area (Å²) < 4.78 is 0. The van der Waals surface area contributed by atoms with Crippen molar-refractivity contribution < 1.29 is 9.59 Å². The summed E-state index contributed by atoms with van der Waals surface area (Å²) in [6.45, 7) is 6.28. The highest BCUT2D eigenvalue weighted by Crippen LogP contribution is 2.17. The summed E-state index contributed by atoms with van der Waals surface area (Å²) in [7, 11) is 0. The first-order valence-electron chi connectivity index (χ1n) is 11.2. The molecule has 0 saturated heterocycles. The standard InChI is InChI=1S/C28H32N2O2/c1-21(2)29-28(32)26(18-23-12-6-4-7-13-23)30(20-24-14-8-5-9-15-24)27(31)19-25-16-10-11-22(3)17-25/h4-17,21,26H,18-20H2,1-3H3,(H,29,32)/t26-/m1/s1. The number of nitrogens with one attached hydrogen (secondary N) is 1. The van der Waals surface area contributed by atoms with Gasteiger partial charge < -0.3 is 10.2 Å². The van der Waals surface area contributed by atoms with Crippen LogP contribution in [0.2, 0.25) is 0 Å². The second-order valence-electron chi connectivity index (χ2n) is 8.54. The number of rotatable bonds is 9. The van der Waals surface area contributed by atoms with Crippen molar-refractivity contribution in [3.8, 4) is 0 Å². The largest absolute Gasteiger partial charge is 0.352 e. The fourth-order valence-electron chi connectivity index (χ4n) is 3.81. The predicted octanol–water partition coefficient (Wildman–Crippen LogP) is 4.70. The van der Waals surface area contributed by atoms with Crippen molar-refractivity contribution >= 4 is 11.8 Å². The van der Waals surface area contributed by atoms with Crippen LogP contribution in [0.4, 0.5) is 0 Å². The van der Waals surface area contributed by atoms with E-state index in [1.54, 1.807) is 4.90 Å². The summed E-state index contributed by atoms with van der Waals surface area (Å²) >= 11 is 0. The first-order chi connectivity index (χ1) is 15.4. The van der Waals surface area contributed by atoms with Crippen LogP contribution >= 0.6 is 0 Å². The molecule has 3 aromatic rings. The molecule has 1 N–H and O–H groups in total. The Hall–Kier alpha value is -3.40. The Labute approximate surface area is 191 Å². The average molecular weight is 429 g/mol. The number of nitrogens with zero attached hydrogens (tertiary/aromatic N) is 1. The van der Waals surface area contributed by atoms with E-state index in [1.165, 1.54) is 0 Å². The zero-order valence-corrected chi connectivity index (χ0v) is 19.1. The van der Waals surface area contributed by atoms with Crippen LogP contribution in [-0.4, -0.2) is 28.8 Å². The minimum Gasteiger partial charge on any atom is -0.352 e. The molecule has 0 spiro atoms. The molecule has 166 valence electrons. The van der Waals surface area contributed by atoms with Gasteiger partial charge in [-0.15, -0.1) is 0 Å². The van der Waals surface area contributed by atoms with Gasteiger partial charge in [0, 0.05) is 19.0 Å². The molecule has 0 unspecified atom stereocenters. The third-order valence-electron chi connectivity index (χ3n) is 5.34. The zero-order chi connectivity index (χ0) is 22.9. The van der Waals surface area contributed by atoms with Crippen molar-refractivity contribution in [2.75, 3.05) is 0 Å². The minimum atomic E-state index is -0.600. The molecule has 0 saturated carbocycles. The molecule has 4 nitrogen and oxygen atoms in total. The smallest absolute Gasteiger partial charge is 0.243 e. The number of carbonyl (C=O) groups excluding carboxylic acids is 2. The Kier molecular flexibility index (Phi) is 8.20. The van der Waals surface area contributed by atoms with E-state index in [0.717, 1.165) is 22.3 Å². The van der Waals surface area contributed by atoms with Crippen LogP contribution < -0.4 is 5.32 Å². The second-order valence-corrected chi connectivity index (χ2v) is 8.54. The van der Waals surface area contributed by atoms with Gasteiger partial charge in [0.1, 0.15) is 6.04 Å². The maximum absolute atomic E-state index is 13.6. The Morgan fingerprint density at radius 2 is 1.41 bits per heavy atom. The molecule has 0 radical (unpaired) electrons. The van der Waals surface area contributed by atoms with Crippen LogP contribution in [0.25, 0.3) is 0 Å². The van der Waals surface area contributed by atoms with Crippen molar-refractivity contribution in [2.45, 2.75) is 52.2 Å². The van der Waals surface area contributed by atoms with Gasteiger partial charge in [-0.1, -0.05) is 90.5 Å². The van der Waals surface area contributed by atoms with Gasteiger partial charge in [-0.05, 0) is 37.5 Å². The van der Waals surface area contributed by atoms with Gasteiger partial charge in [0.05, 0.1) is 6.42 Å². The maximum Gasteiger partial charge on any atom is 0.243 e. The van der Waals surface area contributed by atoms with Gasteiger partial charge in [0.15, 0.2) is 0 Å². The molecular formula is C28H32N2O2. The lowest BCUT2D eigenvalue weighted by Gasteiger charge is -2.32. The van der Waals surface area contributed by atoms with Crippen molar-refractivity contribution in [1.29, 1.82) is 0 Å². The van der Waals surface area contributed by atoms with Crippen molar-refractivity contribution in [1.82, 2.24) is 10.2 Å². The average Bonchev–Trinajstić information content (AvgIpc) is 2.77. The van der Waals surface area contributed by atoms with E-state index in [9.17, 15) is 9.59 Å². The zero-order valence-electron chi connectivity index (χ0n) is 19.1. The van der Waals surface area contributed by atoms with E-state index in [0.29, 0.717) is 13.0 Å². The molecule has 2 amide bonds. The van der Waals surface area contributed by atoms with Crippen LogP contribution in [0.15, 0.2) is 84.9 Å². The molecule has 4 heteroatoms. The summed E-state index contributed by atoms with van der Waals surface area (Å²) in [5.41, 5.74) is 4.09. The Morgan fingerprint density at radius 3 is 2.00 bits per heavy atom. The molecule has 0 fully saturated rings. The summed E-state index contributed by atoms with van der Waals surface area (Å²) in [6, 6.07) is 27.1. The van der Waals surface area contributed by atoms with Crippen molar-refractivity contribution in [3.63, 3.8) is 0 Å². The molecule has 0 aliphatic rings. The number of amides is 2. The van der Waals surface area contributed by atoms with Gasteiger partial charge in [-0.25, -0.2) is 0 Å². The molecule has 3 rings (SSSR count). The first kappa shape index (κ1) is 23.3. The highest BCUT2D eigenvalue weighted by Gasteiger charge is 2.30. The fourth-order valence-corrected chi connectivity index (χ4v) is 3.81. The van der Waals surface area contributed by atoms with E-state index in [2.05, 4.69) is 5.32 Å². The summed E-state index contributed by atoms with van der Waals surface area (Å²) in [5, 5.41) is 3.02. The maximum atomic E-state index is 13.6. The molecular weight excluding hydrogens is 396 g/mol. The summed E-state index contributed by atoms with van der Waals surface area (Å²) in [4.78, 5) is 28.6. The van der Waals surface area contributed by atoms with E-state index in [4.69, 9.17) is 0 Å². The minimum absolute atomic E-state index is 0.00813. The second kappa shape index (κ2) is 11.3. The Bertz CT molecular complexity index is 1020. The van der Waals surface area contributed by atoms with Gasteiger partial charge in [0.25, 0.3) is 0 Å². The molecule has 32 heavy (non-hydrogen) atoms. The summed E-state index contributed by atoms with van der Waals surface area (Å²) in [6.07, 6.45) is 0.723.